The molecule has 0 nitrogen and oxygen atoms in total. The lowest BCUT2D eigenvalue weighted by atomic mass is 9.45. The van der Waals surface area contributed by atoms with Gasteiger partial charge in [-0.15, -0.1) is 0 Å². The predicted molar refractivity (Wildman–Crippen MR) is 39.5 cm³/mol. The fraction of sp³-hybridized carbons (Fsp3) is 0.429. The summed E-state index contributed by atoms with van der Waals surface area (Å²) in [5.41, 5.74) is 0. The van der Waals surface area contributed by atoms with Gasteiger partial charge in [-0.3, -0.25) is 0 Å². The average molecular weight is 106 g/mol. The van der Waals surface area contributed by atoms with Crippen molar-refractivity contribution >= 4 is 6.71 Å². The highest BCUT2D eigenvalue weighted by atomic mass is 13.9. The van der Waals surface area contributed by atoms with Gasteiger partial charge in [0.1, 0.15) is 6.71 Å². The largest absolute Gasteiger partial charge is 0.145 e. The van der Waals surface area contributed by atoms with Gasteiger partial charge < -0.3 is 0 Å². The van der Waals surface area contributed by atoms with E-state index in [0.717, 1.165) is 6.71 Å². The van der Waals surface area contributed by atoms with Crippen molar-refractivity contribution in [1.29, 1.82) is 0 Å². The van der Waals surface area contributed by atoms with E-state index in [-0.39, 0.29) is 0 Å². The van der Waals surface area contributed by atoms with Crippen molar-refractivity contribution in [2.75, 3.05) is 0 Å². The monoisotopic (exact) mass is 106 g/mol. The maximum Gasteiger partial charge on any atom is 0.145 e. The molecular formula is C7H11B. The summed E-state index contributed by atoms with van der Waals surface area (Å²) in [4.78, 5) is 0. The first kappa shape index (κ1) is 5.68. The molecule has 42 valence electrons. The second kappa shape index (κ2) is 2.21. The van der Waals surface area contributed by atoms with Crippen LogP contribution in [-0.4, -0.2) is 6.71 Å². The molecule has 0 aromatic heterocycles. The fourth-order valence-corrected chi connectivity index (χ4v) is 0.893. The summed E-state index contributed by atoms with van der Waals surface area (Å²) in [6, 6.07) is 0. The minimum absolute atomic E-state index is 0.704. The van der Waals surface area contributed by atoms with Crippen LogP contribution in [0.3, 0.4) is 0 Å². The molecular weight excluding hydrogens is 94.9 g/mol. The molecule has 1 rings (SSSR count). The minimum Gasteiger partial charge on any atom is -0.0855 e. The maximum atomic E-state index is 2.24. The van der Waals surface area contributed by atoms with E-state index >= 15 is 0 Å². The molecule has 0 aromatic rings. The first-order valence-corrected chi connectivity index (χ1v) is 3.15. The lowest BCUT2D eigenvalue weighted by Crippen LogP contribution is -2.04. The van der Waals surface area contributed by atoms with E-state index in [1.54, 1.807) is 0 Å². The standard InChI is InChI=1S/C7H11B/c1-8(2)7-5-3-4-6-7/h3-7H,1-2H3. The molecule has 1 heteroatoms. The summed E-state index contributed by atoms with van der Waals surface area (Å²) in [6.07, 6.45) is 8.71. The zero-order chi connectivity index (χ0) is 5.98. The van der Waals surface area contributed by atoms with Crippen molar-refractivity contribution < 1.29 is 0 Å². The summed E-state index contributed by atoms with van der Waals surface area (Å²) >= 11 is 0. The molecule has 0 bridgehead atoms. The third-order valence-electron chi connectivity index (χ3n) is 1.55. The molecule has 0 spiro atoms. The third-order valence-corrected chi connectivity index (χ3v) is 1.55. The Labute approximate surface area is 51.4 Å². The topological polar surface area (TPSA) is 0 Å². The maximum absolute atomic E-state index is 2.24. The van der Waals surface area contributed by atoms with Gasteiger partial charge in [0, 0.05) is 0 Å². The molecule has 1 aliphatic rings. The van der Waals surface area contributed by atoms with Crippen molar-refractivity contribution in [3.8, 4) is 0 Å². The molecule has 8 heavy (non-hydrogen) atoms. The average Bonchev–Trinajstić information content (AvgIpc) is 2.12. The van der Waals surface area contributed by atoms with Crippen molar-refractivity contribution in [2.24, 2.45) is 0 Å². The molecule has 0 saturated carbocycles. The zero-order valence-electron chi connectivity index (χ0n) is 5.46. The van der Waals surface area contributed by atoms with Crippen LogP contribution in [0.1, 0.15) is 0 Å². The lowest BCUT2D eigenvalue weighted by molar-refractivity contribution is 1.35. The highest BCUT2D eigenvalue weighted by Crippen LogP contribution is 2.18. The lowest BCUT2D eigenvalue weighted by Gasteiger charge is -2.03. The van der Waals surface area contributed by atoms with Gasteiger partial charge in [-0.1, -0.05) is 38.0 Å². The van der Waals surface area contributed by atoms with Gasteiger partial charge in [0.2, 0.25) is 0 Å². The summed E-state index contributed by atoms with van der Waals surface area (Å²) < 4.78 is 0. The van der Waals surface area contributed by atoms with Crippen molar-refractivity contribution in [3.63, 3.8) is 0 Å². The van der Waals surface area contributed by atoms with Crippen LogP contribution >= 0.6 is 0 Å². The summed E-state index contributed by atoms with van der Waals surface area (Å²) in [7, 11) is 0. The summed E-state index contributed by atoms with van der Waals surface area (Å²) in [5.74, 6) is 0.704. The van der Waals surface area contributed by atoms with E-state index in [0.29, 0.717) is 5.82 Å². The van der Waals surface area contributed by atoms with Gasteiger partial charge >= 0.3 is 0 Å². The van der Waals surface area contributed by atoms with Crippen molar-refractivity contribution in [3.05, 3.63) is 24.3 Å². The zero-order valence-corrected chi connectivity index (χ0v) is 5.46. The van der Waals surface area contributed by atoms with Gasteiger partial charge in [-0.2, -0.15) is 0 Å². The second-order valence-corrected chi connectivity index (χ2v) is 2.59. The Hall–Kier alpha value is -0.455. The molecule has 0 saturated heterocycles. The number of hydrogen-bond acceptors (Lipinski definition) is 0. The van der Waals surface area contributed by atoms with Crippen LogP contribution in [0.5, 0.6) is 0 Å². The van der Waals surface area contributed by atoms with Gasteiger partial charge in [-0.05, 0) is 5.82 Å². The molecule has 1 aliphatic carbocycles. The molecule has 0 aromatic carbocycles. The molecule has 0 aliphatic heterocycles. The van der Waals surface area contributed by atoms with Gasteiger partial charge in [-0.25, -0.2) is 0 Å². The van der Waals surface area contributed by atoms with Crippen molar-refractivity contribution in [1.82, 2.24) is 0 Å². The van der Waals surface area contributed by atoms with Gasteiger partial charge in [0.15, 0.2) is 0 Å². The number of allylic oxidation sites excluding steroid dienone is 4. The Kier molecular flexibility index (Phi) is 1.57. The second-order valence-electron chi connectivity index (χ2n) is 2.59. The van der Waals surface area contributed by atoms with Crippen molar-refractivity contribution in [2.45, 2.75) is 19.5 Å². The number of rotatable bonds is 1. The highest BCUT2D eigenvalue weighted by Gasteiger charge is 2.10. The normalized spacial score (nSPS) is 17.8. The molecule has 0 fully saturated rings. The first-order valence-electron chi connectivity index (χ1n) is 3.15. The fourth-order valence-electron chi connectivity index (χ4n) is 0.893. The molecule has 0 heterocycles. The minimum atomic E-state index is 0.704. The van der Waals surface area contributed by atoms with E-state index < -0.39 is 0 Å². The van der Waals surface area contributed by atoms with Crippen LogP contribution in [0.4, 0.5) is 0 Å². The van der Waals surface area contributed by atoms with Crippen LogP contribution in [0.2, 0.25) is 19.5 Å². The van der Waals surface area contributed by atoms with E-state index in [1.807, 2.05) is 0 Å². The van der Waals surface area contributed by atoms with Gasteiger partial charge in [0.25, 0.3) is 0 Å². The molecule has 0 atom stereocenters. The highest BCUT2D eigenvalue weighted by molar-refractivity contribution is 6.58. The Balaban J connectivity index is 2.49. The first-order chi connectivity index (χ1) is 3.80. The smallest absolute Gasteiger partial charge is 0.0855 e. The van der Waals surface area contributed by atoms with E-state index in [9.17, 15) is 0 Å². The summed E-state index contributed by atoms with van der Waals surface area (Å²) in [5, 5.41) is 0. The molecule has 0 unspecified atom stereocenters. The van der Waals surface area contributed by atoms with Crippen LogP contribution < -0.4 is 0 Å². The molecule has 0 radical (unpaired) electrons. The van der Waals surface area contributed by atoms with E-state index in [4.69, 9.17) is 0 Å². The quantitative estimate of drug-likeness (QED) is 0.449. The molecule has 0 amide bonds. The van der Waals surface area contributed by atoms with Crippen LogP contribution in [0, 0.1) is 0 Å². The van der Waals surface area contributed by atoms with Gasteiger partial charge in [0.05, 0.1) is 0 Å². The Morgan fingerprint density at radius 2 is 1.62 bits per heavy atom. The Morgan fingerprint density at radius 3 is 1.88 bits per heavy atom. The Bertz CT molecular complexity index is 110. The van der Waals surface area contributed by atoms with E-state index in [1.165, 1.54) is 0 Å². The van der Waals surface area contributed by atoms with Crippen LogP contribution in [0.25, 0.3) is 0 Å². The molecule has 0 N–H and O–H groups in total. The Morgan fingerprint density at radius 1 is 1.12 bits per heavy atom. The summed E-state index contributed by atoms with van der Waals surface area (Å²) in [6.45, 7) is 5.25. The van der Waals surface area contributed by atoms with E-state index in [2.05, 4.69) is 38.0 Å². The SMILES string of the molecule is CB(C)C1C=CC=C1. The van der Waals surface area contributed by atoms with Crippen LogP contribution in [0.15, 0.2) is 24.3 Å². The third kappa shape index (κ3) is 1.03. The van der Waals surface area contributed by atoms with Crippen LogP contribution in [-0.2, 0) is 0 Å². The number of hydrogen-bond donors (Lipinski definition) is 0. The predicted octanol–water partition coefficient (Wildman–Crippen LogP) is 2.24.